The standard InChI is InChI=1S/C18H20BrNOS/c1-21-18-8-7-16(13-17(18)19)22-20-11-9-15(10-12-20)14-5-3-2-4-6-14/h2-8,13,15H,9-12H2,1H3. The highest BCUT2D eigenvalue weighted by molar-refractivity contribution is 9.10. The van der Waals surface area contributed by atoms with Gasteiger partial charge in [0.1, 0.15) is 5.75 Å². The molecule has 0 amide bonds. The second kappa shape index (κ2) is 7.53. The van der Waals surface area contributed by atoms with Gasteiger partial charge >= 0.3 is 0 Å². The first-order valence-electron chi connectivity index (χ1n) is 7.57. The van der Waals surface area contributed by atoms with Crippen LogP contribution in [0.25, 0.3) is 0 Å². The van der Waals surface area contributed by atoms with Crippen molar-refractivity contribution in [1.29, 1.82) is 0 Å². The summed E-state index contributed by atoms with van der Waals surface area (Å²) in [7, 11) is 1.70. The van der Waals surface area contributed by atoms with E-state index in [1.165, 1.54) is 23.3 Å². The average molecular weight is 378 g/mol. The average Bonchev–Trinajstić information content (AvgIpc) is 2.57. The second-order valence-corrected chi connectivity index (χ2v) is 7.53. The van der Waals surface area contributed by atoms with Gasteiger partial charge in [-0.15, -0.1) is 0 Å². The zero-order valence-corrected chi connectivity index (χ0v) is 15.1. The van der Waals surface area contributed by atoms with E-state index in [1.807, 2.05) is 18.0 Å². The molecule has 0 atom stereocenters. The van der Waals surface area contributed by atoms with Gasteiger partial charge in [-0.3, -0.25) is 0 Å². The third-order valence-corrected chi connectivity index (χ3v) is 5.79. The van der Waals surface area contributed by atoms with Crippen molar-refractivity contribution in [3.8, 4) is 5.75 Å². The van der Waals surface area contributed by atoms with E-state index in [0.717, 1.165) is 23.3 Å². The van der Waals surface area contributed by atoms with E-state index in [0.29, 0.717) is 5.92 Å². The molecule has 4 heteroatoms. The normalized spacial score (nSPS) is 16.6. The first-order chi connectivity index (χ1) is 10.8. The Labute approximate surface area is 145 Å². The maximum absolute atomic E-state index is 5.28. The molecule has 0 aliphatic carbocycles. The van der Waals surface area contributed by atoms with Crippen molar-refractivity contribution >= 4 is 27.9 Å². The topological polar surface area (TPSA) is 12.5 Å². The lowest BCUT2D eigenvalue weighted by molar-refractivity contribution is 0.346. The number of rotatable bonds is 4. The number of hydrogen-bond acceptors (Lipinski definition) is 3. The molecule has 2 nitrogen and oxygen atoms in total. The number of hydrogen-bond donors (Lipinski definition) is 0. The van der Waals surface area contributed by atoms with Crippen molar-refractivity contribution < 1.29 is 4.74 Å². The molecule has 0 aromatic heterocycles. The Kier molecular flexibility index (Phi) is 5.45. The van der Waals surface area contributed by atoms with Crippen LogP contribution in [-0.2, 0) is 0 Å². The molecular formula is C18H20BrNOS. The minimum absolute atomic E-state index is 0.709. The number of benzene rings is 2. The zero-order chi connectivity index (χ0) is 15.4. The minimum Gasteiger partial charge on any atom is -0.496 e. The van der Waals surface area contributed by atoms with Crippen molar-refractivity contribution in [1.82, 2.24) is 4.31 Å². The van der Waals surface area contributed by atoms with Gasteiger partial charge in [0.05, 0.1) is 11.6 Å². The van der Waals surface area contributed by atoms with Gasteiger partial charge in [0.25, 0.3) is 0 Å². The van der Waals surface area contributed by atoms with E-state index < -0.39 is 0 Å². The maximum atomic E-state index is 5.28. The molecule has 22 heavy (non-hydrogen) atoms. The maximum Gasteiger partial charge on any atom is 0.133 e. The quantitative estimate of drug-likeness (QED) is 0.666. The lowest BCUT2D eigenvalue weighted by Gasteiger charge is -2.31. The molecule has 1 aliphatic heterocycles. The van der Waals surface area contributed by atoms with E-state index in [4.69, 9.17) is 4.74 Å². The summed E-state index contributed by atoms with van der Waals surface area (Å²) in [6, 6.07) is 17.2. The van der Waals surface area contributed by atoms with Gasteiger partial charge in [-0.2, -0.15) is 0 Å². The van der Waals surface area contributed by atoms with Crippen LogP contribution in [0.15, 0.2) is 57.9 Å². The summed E-state index contributed by atoms with van der Waals surface area (Å²) in [5.74, 6) is 1.59. The Morgan fingerprint density at radius 3 is 2.45 bits per heavy atom. The van der Waals surface area contributed by atoms with Crippen LogP contribution in [0.1, 0.15) is 24.3 Å². The molecule has 0 bridgehead atoms. The Morgan fingerprint density at radius 2 is 1.82 bits per heavy atom. The molecule has 2 aromatic carbocycles. The van der Waals surface area contributed by atoms with Crippen LogP contribution >= 0.6 is 27.9 Å². The van der Waals surface area contributed by atoms with Crippen molar-refractivity contribution in [2.75, 3.05) is 20.2 Å². The molecule has 1 heterocycles. The van der Waals surface area contributed by atoms with Crippen molar-refractivity contribution in [3.63, 3.8) is 0 Å². The van der Waals surface area contributed by atoms with Crippen LogP contribution in [0.3, 0.4) is 0 Å². The number of methoxy groups -OCH3 is 1. The highest BCUT2D eigenvalue weighted by atomic mass is 79.9. The second-order valence-electron chi connectivity index (χ2n) is 5.50. The first kappa shape index (κ1) is 15.9. The summed E-state index contributed by atoms with van der Waals surface area (Å²) < 4.78 is 8.76. The van der Waals surface area contributed by atoms with Crippen molar-refractivity contribution in [2.24, 2.45) is 0 Å². The molecule has 0 N–H and O–H groups in total. The largest absolute Gasteiger partial charge is 0.496 e. The van der Waals surface area contributed by atoms with Crippen LogP contribution < -0.4 is 4.74 Å². The third kappa shape index (κ3) is 3.86. The molecule has 116 valence electrons. The molecule has 0 unspecified atom stereocenters. The summed E-state index contributed by atoms with van der Waals surface area (Å²) in [5, 5.41) is 0. The lowest BCUT2D eigenvalue weighted by atomic mass is 9.90. The van der Waals surface area contributed by atoms with Crippen molar-refractivity contribution in [2.45, 2.75) is 23.7 Å². The smallest absolute Gasteiger partial charge is 0.133 e. The highest BCUT2D eigenvalue weighted by Crippen LogP contribution is 2.35. The number of nitrogens with zero attached hydrogens (tertiary/aromatic N) is 1. The minimum atomic E-state index is 0.709. The Hall–Kier alpha value is -0.970. The summed E-state index contributed by atoms with van der Waals surface area (Å²) in [5.41, 5.74) is 1.49. The van der Waals surface area contributed by atoms with E-state index in [2.05, 4.69) is 62.7 Å². The lowest BCUT2D eigenvalue weighted by Crippen LogP contribution is -2.27. The fourth-order valence-corrected chi connectivity index (χ4v) is 4.54. The van der Waals surface area contributed by atoms with Gasteiger partial charge in [0, 0.05) is 18.0 Å². The highest BCUT2D eigenvalue weighted by Gasteiger charge is 2.21. The Morgan fingerprint density at radius 1 is 1.09 bits per heavy atom. The number of piperidine rings is 1. The Balaban J connectivity index is 1.57. The number of ether oxygens (including phenoxy) is 1. The molecule has 2 aromatic rings. The van der Waals surface area contributed by atoms with Gasteiger partial charge in [-0.05, 0) is 70.4 Å². The predicted octanol–water partition coefficient (Wildman–Crippen LogP) is 5.34. The third-order valence-electron chi connectivity index (χ3n) is 4.08. The molecule has 0 saturated carbocycles. The molecule has 1 saturated heterocycles. The summed E-state index contributed by atoms with van der Waals surface area (Å²) >= 11 is 5.40. The molecule has 0 radical (unpaired) electrons. The Bertz CT molecular complexity index is 612. The van der Waals surface area contributed by atoms with Gasteiger partial charge in [-0.1, -0.05) is 30.3 Å². The van der Waals surface area contributed by atoms with Gasteiger partial charge in [0.2, 0.25) is 0 Å². The van der Waals surface area contributed by atoms with E-state index >= 15 is 0 Å². The molecule has 1 fully saturated rings. The fourth-order valence-electron chi connectivity index (χ4n) is 2.86. The SMILES string of the molecule is COc1ccc(SN2CCC(c3ccccc3)CC2)cc1Br. The van der Waals surface area contributed by atoms with E-state index in [-0.39, 0.29) is 0 Å². The molecule has 0 spiro atoms. The van der Waals surface area contributed by atoms with Crippen molar-refractivity contribution in [3.05, 3.63) is 58.6 Å². The summed E-state index contributed by atoms with van der Waals surface area (Å²) in [6.07, 6.45) is 2.46. The first-order valence-corrected chi connectivity index (χ1v) is 9.14. The van der Waals surface area contributed by atoms with Crippen LogP contribution in [-0.4, -0.2) is 24.5 Å². The zero-order valence-electron chi connectivity index (χ0n) is 12.7. The number of halogens is 1. The van der Waals surface area contributed by atoms with Gasteiger partial charge < -0.3 is 4.74 Å². The summed E-state index contributed by atoms with van der Waals surface area (Å²) in [4.78, 5) is 1.26. The van der Waals surface area contributed by atoms with Crippen LogP contribution in [0, 0.1) is 0 Å². The molecule has 1 aliphatic rings. The van der Waals surface area contributed by atoms with E-state index in [9.17, 15) is 0 Å². The summed E-state index contributed by atoms with van der Waals surface area (Å²) in [6.45, 7) is 2.27. The molecular weight excluding hydrogens is 358 g/mol. The van der Waals surface area contributed by atoms with Crippen LogP contribution in [0.5, 0.6) is 5.75 Å². The molecule has 3 rings (SSSR count). The van der Waals surface area contributed by atoms with E-state index in [1.54, 1.807) is 7.11 Å². The van der Waals surface area contributed by atoms with Gasteiger partial charge in [0.15, 0.2) is 0 Å². The monoisotopic (exact) mass is 377 g/mol. The predicted molar refractivity (Wildman–Crippen MR) is 96.5 cm³/mol. The van der Waals surface area contributed by atoms with Crippen LogP contribution in [0.4, 0.5) is 0 Å². The van der Waals surface area contributed by atoms with Crippen LogP contribution in [0.2, 0.25) is 0 Å². The fraction of sp³-hybridized carbons (Fsp3) is 0.333. The van der Waals surface area contributed by atoms with Gasteiger partial charge in [-0.25, -0.2) is 4.31 Å².